The predicted molar refractivity (Wildman–Crippen MR) is 348 cm³/mol. The number of amides is 4. The van der Waals surface area contributed by atoms with Gasteiger partial charge in [-0.15, -0.1) is 22.7 Å². The third-order valence-electron chi connectivity index (χ3n) is 17.2. The number of fused-ring (bicyclic) bond motifs is 2. The molecule has 0 spiro atoms. The van der Waals surface area contributed by atoms with E-state index in [9.17, 15) is 9.59 Å². The molecule has 4 heterocycles. The summed E-state index contributed by atoms with van der Waals surface area (Å²) in [4.78, 5) is 64.5. The van der Waals surface area contributed by atoms with Gasteiger partial charge >= 0.3 is 0 Å². The van der Waals surface area contributed by atoms with Gasteiger partial charge < -0.3 is 0 Å². The van der Waals surface area contributed by atoms with Gasteiger partial charge in [-0.1, -0.05) is 292 Å². The van der Waals surface area contributed by atoms with Crippen molar-refractivity contribution in [2.45, 2.75) is 245 Å². The number of nitrogens with zero attached hydrogens (tertiary/aromatic N) is 2. The first-order chi connectivity index (χ1) is 40.4. The van der Waals surface area contributed by atoms with Crippen molar-refractivity contribution in [2.24, 2.45) is 0 Å². The molecule has 0 bridgehead atoms. The first-order valence-corrected chi connectivity index (χ1v) is 34.4. The molecule has 2 aromatic heterocycles. The number of hydrogen-bond donors (Lipinski definition) is 0. The lowest BCUT2D eigenvalue weighted by Crippen LogP contribution is -2.44. The summed E-state index contributed by atoms with van der Waals surface area (Å²) in [7, 11) is 0. The van der Waals surface area contributed by atoms with Crippen LogP contribution in [0.4, 0.5) is 0 Å². The van der Waals surface area contributed by atoms with Crippen LogP contribution in [0.3, 0.4) is 0 Å². The van der Waals surface area contributed by atoms with E-state index in [1.54, 1.807) is 34.8 Å². The molecule has 0 unspecified atom stereocenters. The molecular formula is C74H94N2O4S2. The lowest BCUT2D eigenvalue weighted by atomic mass is 9.81. The van der Waals surface area contributed by atoms with Crippen LogP contribution in [0.1, 0.15) is 307 Å². The van der Waals surface area contributed by atoms with Gasteiger partial charge in [0.1, 0.15) is 0 Å². The van der Waals surface area contributed by atoms with Gasteiger partial charge in [0.2, 0.25) is 0 Å². The van der Waals surface area contributed by atoms with Crippen LogP contribution in [-0.4, -0.2) is 46.5 Å². The maximum atomic E-state index is 15.1. The second kappa shape index (κ2) is 34.3. The van der Waals surface area contributed by atoms with E-state index in [1.165, 1.54) is 190 Å². The second-order valence-electron chi connectivity index (χ2n) is 23.8. The minimum absolute atomic E-state index is 0.276. The van der Waals surface area contributed by atoms with Gasteiger partial charge in [0, 0.05) is 55.5 Å². The van der Waals surface area contributed by atoms with Gasteiger partial charge in [-0.3, -0.25) is 29.0 Å². The largest absolute Gasteiger partial charge is 0.274 e. The van der Waals surface area contributed by atoms with E-state index in [4.69, 9.17) is 0 Å². The molecule has 0 fully saturated rings. The molecule has 4 aromatic carbocycles. The molecule has 6 nitrogen and oxygen atoms in total. The molecule has 0 saturated carbocycles. The fourth-order valence-corrected chi connectivity index (χ4v) is 14.3. The van der Waals surface area contributed by atoms with E-state index < -0.39 is 23.6 Å². The zero-order chi connectivity index (χ0) is 57.1. The average molecular weight is 1140 g/mol. The van der Waals surface area contributed by atoms with Crippen molar-refractivity contribution in [3.8, 4) is 23.7 Å². The highest BCUT2D eigenvalue weighted by molar-refractivity contribution is 7.19. The summed E-state index contributed by atoms with van der Waals surface area (Å²) in [5.74, 6) is 11.7. The normalized spacial score (nSPS) is 13.0. The van der Waals surface area contributed by atoms with Crippen molar-refractivity contribution in [2.75, 3.05) is 13.1 Å². The molecule has 4 amide bonds. The van der Waals surface area contributed by atoms with Crippen molar-refractivity contribution < 1.29 is 19.2 Å². The zero-order valence-electron chi connectivity index (χ0n) is 50.1. The number of imide groups is 2. The van der Waals surface area contributed by atoms with Crippen LogP contribution in [0.15, 0.2) is 72.8 Å². The molecule has 8 heteroatoms. The summed E-state index contributed by atoms with van der Waals surface area (Å²) < 4.78 is 2.22. The summed E-state index contributed by atoms with van der Waals surface area (Å²) in [5, 5.41) is 2.87. The van der Waals surface area contributed by atoms with Gasteiger partial charge in [0.05, 0.1) is 20.9 Å². The summed E-state index contributed by atoms with van der Waals surface area (Å²) in [6, 6.07) is 23.9. The molecule has 0 radical (unpaired) electrons. The van der Waals surface area contributed by atoms with Crippen LogP contribution in [0.5, 0.6) is 0 Å². The maximum Gasteiger partial charge on any atom is 0.262 e. The third kappa shape index (κ3) is 17.7. The smallest absolute Gasteiger partial charge is 0.262 e. The third-order valence-corrected chi connectivity index (χ3v) is 19.3. The Morgan fingerprint density at radius 2 is 0.610 bits per heavy atom. The van der Waals surface area contributed by atoms with Crippen molar-refractivity contribution >= 4 is 77.2 Å². The van der Waals surface area contributed by atoms with E-state index in [2.05, 4.69) is 73.9 Å². The lowest BCUT2D eigenvalue weighted by Gasteiger charge is -2.33. The fraction of sp³-hybridized carbons (Fsp3) is 0.541. The lowest BCUT2D eigenvalue weighted by molar-refractivity contribution is 0.0585. The van der Waals surface area contributed by atoms with Crippen molar-refractivity contribution in [1.82, 2.24) is 9.80 Å². The van der Waals surface area contributed by atoms with Crippen LogP contribution in [0, 0.1) is 23.7 Å². The molecule has 0 N–H and O–H groups in total. The zero-order valence-corrected chi connectivity index (χ0v) is 51.8. The van der Waals surface area contributed by atoms with Crippen molar-refractivity contribution in [1.29, 1.82) is 0 Å². The van der Waals surface area contributed by atoms with Crippen LogP contribution >= 0.6 is 22.7 Å². The summed E-state index contributed by atoms with van der Waals surface area (Å²) in [6.45, 7) is 5.11. The highest BCUT2D eigenvalue weighted by Crippen LogP contribution is 2.42. The predicted octanol–water partition coefficient (Wildman–Crippen LogP) is 21.3. The van der Waals surface area contributed by atoms with E-state index >= 15 is 9.59 Å². The van der Waals surface area contributed by atoms with Gasteiger partial charge in [-0.2, -0.15) is 0 Å². The number of rotatable bonds is 38. The molecule has 0 saturated heterocycles. The molecule has 2 aliphatic rings. The van der Waals surface area contributed by atoms with Crippen LogP contribution in [-0.2, 0) is 0 Å². The quantitative estimate of drug-likeness (QED) is 0.0220. The molecule has 82 heavy (non-hydrogen) atoms. The summed E-state index contributed by atoms with van der Waals surface area (Å²) >= 11 is 3.16. The number of unbranched alkanes of at least 4 members (excludes halogenated alkanes) is 34. The Balaban J connectivity index is 0.941. The highest BCUT2D eigenvalue weighted by Gasteiger charge is 2.42. The van der Waals surface area contributed by atoms with E-state index in [0.717, 1.165) is 68.5 Å². The Hall–Kier alpha value is -5.54. The highest BCUT2D eigenvalue weighted by atomic mass is 32.1. The van der Waals surface area contributed by atoms with Crippen LogP contribution < -0.4 is 0 Å². The summed E-state index contributed by atoms with van der Waals surface area (Å²) in [6.07, 6.45) is 45.3. The molecule has 0 atom stereocenters. The molecule has 2 aliphatic heterocycles. The topological polar surface area (TPSA) is 74.8 Å². The van der Waals surface area contributed by atoms with Gasteiger partial charge in [0.15, 0.2) is 0 Å². The van der Waals surface area contributed by atoms with Crippen molar-refractivity contribution in [3.63, 3.8) is 0 Å². The Kier molecular flexibility index (Phi) is 26.1. The number of carbonyl (C=O) groups excluding carboxylic acids is 4. The Labute approximate surface area is 501 Å². The number of hydrogen-bond acceptors (Lipinski definition) is 6. The SMILES string of the molecule is CCCCCCCCCCCCCCCCCCCCN1C(=O)c2cc(C#Cc3cc4ccccc4s3)c3c4c(cc(C#Cc5cc6ccccc6s5)c(c24)C1=O)C(=O)N(CCCCCCCCCCCCCCCCCCCC)C3=O. The van der Waals surface area contributed by atoms with Crippen molar-refractivity contribution in [3.05, 3.63) is 116 Å². The summed E-state index contributed by atoms with van der Waals surface area (Å²) in [5.41, 5.74) is 1.94. The minimum Gasteiger partial charge on any atom is -0.274 e. The number of carbonyl (C=O) groups is 4. The average Bonchev–Trinajstić information content (AvgIpc) is 2.71. The Bertz CT molecular complexity index is 2890. The molecule has 0 aliphatic carbocycles. The van der Waals surface area contributed by atoms with E-state index in [-0.39, 0.29) is 24.2 Å². The molecule has 436 valence electrons. The maximum absolute atomic E-state index is 15.1. The first-order valence-electron chi connectivity index (χ1n) is 32.8. The van der Waals surface area contributed by atoms with Crippen LogP contribution in [0.25, 0.3) is 30.9 Å². The first kappa shape index (κ1) is 62.5. The van der Waals surface area contributed by atoms with Gasteiger partial charge in [-0.05, 0) is 60.0 Å². The molecule has 6 aromatic rings. The molecule has 8 rings (SSSR count). The standard InChI is InChI=1S/C74H94N2O4S2/c1-3-5-7-9-11-13-15-17-19-21-23-25-27-29-31-33-35-41-51-75-71(77)63-55-60(48-50-62-54-58-44-38-40-46-66(58)82-62)68-70-64(56-59(67(69(63)70)73(75)79)47-49-61-53-57-43-37-39-45-65(57)81-61)72(78)76(74(68)80)52-42-36-34-32-30-28-26-24-22-20-18-16-14-12-10-8-6-4-2/h37-40,43-46,53-56H,3-36,41-42,51-52H2,1-2H3. The van der Waals surface area contributed by atoms with Crippen LogP contribution in [0.2, 0.25) is 0 Å². The van der Waals surface area contributed by atoms with E-state index in [1.807, 2.05) is 24.3 Å². The van der Waals surface area contributed by atoms with E-state index in [0.29, 0.717) is 45.9 Å². The number of thiophene rings is 2. The Morgan fingerprint density at radius 1 is 0.329 bits per heavy atom. The Morgan fingerprint density at radius 3 is 0.902 bits per heavy atom. The second-order valence-corrected chi connectivity index (χ2v) is 26.0. The number of benzene rings is 4. The molecular weight excluding hydrogens is 1040 g/mol. The monoisotopic (exact) mass is 1140 g/mol. The van der Waals surface area contributed by atoms with Gasteiger partial charge in [-0.25, -0.2) is 0 Å². The van der Waals surface area contributed by atoms with Gasteiger partial charge in [0.25, 0.3) is 23.6 Å². The fourth-order valence-electron chi connectivity index (χ4n) is 12.5. The minimum atomic E-state index is -0.423.